The fourth-order valence-corrected chi connectivity index (χ4v) is 3.85. The maximum absolute atomic E-state index is 10.5. The molecule has 5 heteroatoms. The molecule has 1 aromatic heterocycles. The first-order valence-corrected chi connectivity index (χ1v) is 9.36. The normalized spacial score (nSPS) is 10.7. The summed E-state index contributed by atoms with van der Waals surface area (Å²) in [7, 11) is 0. The number of fused-ring (bicyclic) bond motifs is 1. The molecular formula is C23H18Cl3NO. The number of rotatable bonds is 2. The third-order valence-corrected chi connectivity index (χ3v) is 5.31. The lowest BCUT2D eigenvalue weighted by atomic mass is 9.92. The minimum atomic E-state index is 0. The number of halogens is 3. The molecule has 0 fully saturated rings. The number of pyridine rings is 1. The molecule has 0 spiro atoms. The van der Waals surface area contributed by atoms with Crippen LogP contribution in [0.2, 0.25) is 10.0 Å². The van der Waals surface area contributed by atoms with E-state index in [0.29, 0.717) is 15.6 Å². The summed E-state index contributed by atoms with van der Waals surface area (Å²) in [4.78, 5) is 4.84. The Kier molecular flexibility index (Phi) is 5.85. The zero-order valence-electron chi connectivity index (χ0n) is 15.3. The van der Waals surface area contributed by atoms with Gasteiger partial charge in [0, 0.05) is 26.6 Å². The van der Waals surface area contributed by atoms with E-state index in [4.69, 9.17) is 28.2 Å². The fourth-order valence-electron chi connectivity index (χ4n) is 3.44. The van der Waals surface area contributed by atoms with Crippen LogP contribution < -0.4 is 0 Å². The lowest BCUT2D eigenvalue weighted by Crippen LogP contribution is -1.96. The summed E-state index contributed by atoms with van der Waals surface area (Å²) < 4.78 is 0. The largest absolute Gasteiger partial charge is 0.507 e. The van der Waals surface area contributed by atoms with Gasteiger partial charge in [0.1, 0.15) is 5.75 Å². The smallest absolute Gasteiger partial charge is 0.125 e. The summed E-state index contributed by atoms with van der Waals surface area (Å²) in [6, 6.07) is 18.9. The van der Waals surface area contributed by atoms with Crippen molar-refractivity contribution < 1.29 is 5.11 Å². The maximum atomic E-state index is 10.5. The molecular weight excluding hydrogens is 413 g/mol. The van der Waals surface area contributed by atoms with Gasteiger partial charge in [0.15, 0.2) is 0 Å². The Bertz CT molecular complexity index is 1190. The van der Waals surface area contributed by atoms with Crippen LogP contribution >= 0.6 is 35.6 Å². The molecule has 0 bridgehead atoms. The first-order valence-electron chi connectivity index (χ1n) is 8.60. The van der Waals surface area contributed by atoms with Crippen LogP contribution in [0, 0.1) is 13.8 Å². The standard InChI is InChI=1S/C23H17Cl2NO.ClH/c1-13-7-10-21(27)18(11-13)23-14(2)22(16-5-3-4-6-19(16)25)17-12-15(24)8-9-20(17)26-23;/h3-12,27H,1-2H3;1H. The lowest BCUT2D eigenvalue weighted by Gasteiger charge is -2.17. The second-order valence-electron chi connectivity index (χ2n) is 6.62. The molecule has 0 aliphatic carbocycles. The van der Waals surface area contributed by atoms with E-state index in [1.807, 2.05) is 68.4 Å². The fraction of sp³-hybridized carbons (Fsp3) is 0.0870. The van der Waals surface area contributed by atoms with E-state index >= 15 is 0 Å². The summed E-state index contributed by atoms with van der Waals surface area (Å²) in [6.45, 7) is 4.00. The van der Waals surface area contributed by atoms with Crippen molar-refractivity contribution in [2.24, 2.45) is 0 Å². The van der Waals surface area contributed by atoms with Crippen LogP contribution in [0.15, 0.2) is 60.7 Å². The van der Waals surface area contributed by atoms with Gasteiger partial charge in [-0.2, -0.15) is 0 Å². The van der Waals surface area contributed by atoms with Gasteiger partial charge >= 0.3 is 0 Å². The Morgan fingerprint density at radius 1 is 0.857 bits per heavy atom. The van der Waals surface area contributed by atoms with Crippen LogP contribution in [0.25, 0.3) is 33.3 Å². The Labute approximate surface area is 180 Å². The number of aromatic hydroxyl groups is 1. The van der Waals surface area contributed by atoms with Gasteiger partial charge in [-0.05, 0) is 61.4 Å². The first-order chi connectivity index (χ1) is 13.0. The molecule has 4 rings (SSSR count). The third-order valence-electron chi connectivity index (χ3n) is 4.74. The Balaban J connectivity index is 0.00000225. The van der Waals surface area contributed by atoms with E-state index in [1.54, 1.807) is 6.07 Å². The van der Waals surface area contributed by atoms with E-state index < -0.39 is 0 Å². The number of aromatic nitrogens is 1. The quantitative estimate of drug-likeness (QED) is 0.355. The number of nitrogens with zero attached hydrogens (tertiary/aromatic N) is 1. The van der Waals surface area contributed by atoms with E-state index in [0.717, 1.165) is 38.9 Å². The van der Waals surface area contributed by atoms with Crippen LogP contribution in [-0.4, -0.2) is 10.1 Å². The van der Waals surface area contributed by atoms with Crippen molar-refractivity contribution in [1.29, 1.82) is 0 Å². The monoisotopic (exact) mass is 429 g/mol. The van der Waals surface area contributed by atoms with Crippen LogP contribution in [0.1, 0.15) is 11.1 Å². The van der Waals surface area contributed by atoms with Crippen LogP contribution in [0.3, 0.4) is 0 Å². The van der Waals surface area contributed by atoms with Crippen molar-refractivity contribution >= 4 is 46.5 Å². The van der Waals surface area contributed by atoms with Gasteiger partial charge in [-0.3, -0.25) is 0 Å². The molecule has 0 aliphatic rings. The van der Waals surface area contributed by atoms with E-state index in [9.17, 15) is 5.11 Å². The van der Waals surface area contributed by atoms with Crippen molar-refractivity contribution in [3.8, 4) is 28.1 Å². The molecule has 0 saturated heterocycles. The SMILES string of the molecule is Cc1ccc(O)c(-c2nc3ccc(Cl)cc3c(-c3ccccc3Cl)c2C)c1.Cl. The van der Waals surface area contributed by atoms with Crippen LogP contribution in [0.5, 0.6) is 5.75 Å². The number of phenolic OH excluding ortho intramolecular Hbond substituents is 1. The minimum Gasteiger partial charge on any atom is -0.507 e. The van der Waals surface area contributed by atoms with Gasteiger partial charge in [0.2, 0.25) is 0 Å². The van der Waals surface area contributed by atoms with Gasteiger partial charge in [-0.15, -0.1) is 12.4 Å². The summed E-state index contributed by atoms with van der Waals surface area (Å²) in [5.41, 5.74) is 6.14. The van der Waals surface area contributed by atoms with E-state index in [1.165, 1.54) is 0 Å². The Hall–Kier alpha value is -2.26. The van der Waals surface area contributed by atoms with Gasteiger partial charge in [0.25, 0.3) is 0 Å². The molecule has 0 aliphatic heterocycles. The highest BCUT2D eigenvalue weighted by Crippen LogP contribution is 2.41. The minimum absolute atomic E-state index is 0. The van der Waals surface area contributed by atoms with E-state index in [2.05, 4.69) is 0 Å². The van der Waals surface area contributed by atoms with Crippen molar-refractivity contribution in [3.63, 3.8) is 0 Å². The average molecular weight is 431 g/mol. The Morgan fingerprint density at radius 2 is 1.61 bits per heavy atom. The Morgan fingerprint density at radius 3 is 2.36 bits per heavy atom. The lowest BCUT2D eigenvalue weighted by molar-refractivity contribution is 0.477. The first kappa shape index (κ1) is 20.5. The molecule has 0 amide bonds. The van der Waals surface area contributed by atoms with Crippen molar-refractivity contribution in [2.75, 3.05) is 0 Å². The zero-order valence-corrected chi connectivity index (χ0v) is 17.7. The van der Waals surface area contributed by atoms with Gasteiger partial charge in [-0.25, -0.2) is 4.98 Å². The summed E-state index contributed by atoms with van der Waals surface area (Å²) in [5, 5.41) is 12.7. The van der Waals surface area contributed by atoms with Gasteiger partial charge < -0.3 is 5.11 Å². The average Bonchev–Trinajstić information content (AvgIpc) is 2.64. The predicted octanol–water partition coefficient (Wildman–Crippen LogP) is 7.62. The third kappa shape index (κ3) is 3.56. The number of aryl methyl sites for hydroxylation is 1. The zero-order chi connectivity index (χ0) is 19.1. The summed E-state index contributed by atoms with van der Waals surface area (Å²) >= 11 is 12.8. The number of hydrogen-bond donors (Lipinski definition) is 1. The molecule has 0 atom stereocenters. The predicted molar refractivity (Wildman–Crippen MR) is 121 cm³/mol. The molecule has 0 radical (unpaired) electrons. The molecule has 0 unspecified atom stereocenters. The maximum Gasteiger partial charge on any atom is 0.125 e. The van der Waals surface area contributed by atoms with Crippen molar-refractivity contribution in [1.82, 2.24) is 4.98 Å². The molecule has 3 aromatic carbocycles. The van der Waals surface area contributed by atoms with E-state index in [-0.39, 0.29) is 18.2 Å². The highest BCUT2D eigenvalue weighted by atomic mass is 35.5. The highest BCUT2D eigenvalue weighted by molar-refractivity contribution is 6.34. The molecule has 4 aromatic rings. The molecule has 1 heterocycles. The van der Waals surface area contributed by atoms with Crippen molar-refractivity contribution in [2.45, 2.75) is 13.8 Å². The molecule has 0 saturated carbocycles. The molecule has 142 valence electrons. The highest BCUT2D eigenvalue weighted by Gasteiger charge is 2.18. The second kappa shape index (κ2) is 8.00. The second-order valence-corrected chi connectivity index (χ2v) is 7.47. The molecule has 2 nitrogen and oxygen atoms in total. The summed E-state index contributed by atoms with van der Waals surface area (Å²) in [5.74, 6) is 0.203. The number of benzene rings is 3. The van der Waals surface area contributed by atoms with Crippen LogP contribution in [0.4, 0.5) is 0 Å². The van der Waals surface area contributed by atoms with Gasteiger partial charge in [-0.1, -0.05) is 53.0 Å². The topological polar surface area (TPSA) is 33.1 Å². The van der Waals surface area contributed by atoms with Gasteiger partial charge in [0.05, 0.1) is 11.2 Å². The molecule has 1 N–H and O–H groups in total. The number of phenols is 1. The summed E-state index contributed by atoms with van der Waals surface area (Å²) in [6.07, 6.45) is 0. The van der Waals surface area contributed by atoms with Crippen LogP contribution in [-0.2, 0) is 0 Å². The number of hydrogen-bond acceptors (Lipinski definition) is 2. The van der Waals surface area contributed by atoms with Crippen molar-refractivity contribution in [3.05, 3.63) is 81.8 Å². The molecule has 28 heavy (non-hydrogen) atoms.